The van der Waals surface area contributed by atoms with Gasteiger partial charge in [-0.15, -0.1) is 0 Å². The third kappa shape index (κ3) is 3.71. The van der Waals surface area contributed by atoms with E-state index in [4.69, 9.17) is 20.9 Å². The summed E-state index contributed by atoms with van der Waals surface area (Å²) in [5.74, 6) is 0.833. The van der Waals surface area contributed by atoms with Crippen LogP contribution in [-0.4, -0.2) is 14.2 Å². The van der Waals surface area contributed by atoms with Gasteiger partial charge in [-0.25, -0.2) is 0 Å². The Labute approximate surface area is 93.9 Å². The Morgan fingerprint density at radius 2 is 1.79 bits per heavy atom. The minimum atomic E-state index is -2.10. The van der Waals surface area contributed by atoms with E-state index in [1.54, 1.807) is 25.6 Å². The van der Waals surface area contributed by atoms with Gasteiger partial charge in [-0.3, -0.25) is 0 Å². The van der Waals surface area contributed by atoms with Crippen molar-refractivity contribution >= 4 is 28.9 Å². The summed E-state index contributed by atoms with van der Waals surface area (Å²) in [6, 6.07) is 10.2. The Balaban J connectivity index is 2.52. The van der Waals surface area contributed by atoms with E-state index in [-0.39, 0.29) is 0 Å². The first kappa shape index (κ1) is 12.2. The number of hydrogen-bond acceptors (Lipinski definition) is 4. The molecule has 5 heteroatoms. The van der Waals surface area contributed by atoms with Crippen molar-refractivity contribution in [2.45, 2.75) is 5.75 Å². The van der Waals surface area contributed by atoms with Crippen LogP contribution in [0.5, 0.6) is 0 Å². The van der Waals surface area contributed by atoms with Crippen LogP contribution in [0.1, 0.15) is 5.56 Å². The largest absolute Gasteiger partial charge is 0.325 e. The van der Waals surface area contributed by atoms with Gasteiger partial charge >= 0.3 is 0 Å². The van der Waals surface area contributed by atoms with Crippen molar-refractivity contribution in [2.24, 2.45) is 0 Å². The highest BCUT2D eigenvalue weighted by molar-refractivity contribution is 8.67. The minimum Gasteiger partial charge on any atom is -0.325 e. The van der Waals surface area contributed by atoms with Crippen LogP contribution < -0.4 is 0 Å². The molecule has 1 aromatic carbocycles. The van der Waals surface area contributed by atoms with E-state index in [2.05, 4.69) is 12.1 Å². The fourth-order valence-corrected chi connectivity index (χ4v) is 3.80. The molecule has 0 radical (unpaired) electrons. The van der Waals surface area contributed by atoms with E-state index in [9.17, 15) is 0 Å². The van der Waals surface area contributed by atoms with Crippen molar-refractivity contribution < 1.29 is 9.05 Å². The maximum Gasteiger partial charge on any atom is 0.247 e. The van der Waals surface area contributed by atoms with E-state index in [1.807, 2.05) is 18.2 Å². The first-order valence-electron chi connectivity index (χ1n) is 4.10. The molecule has 0 fully saturated rings. The summed E-state index contributed by atoms with van der Waals surface area (Å²) in [6.07, 6.45) is 0. The van der Waals surface area contributed by atoms with Crippen LogP contribution >= 0.6 is 17.1 Å². The Morgan fingerprint density at radius 1 is 1.21 bits per heavy atom. The van der Waals surface area contributed by atoms with Crippen molar-refractivity contribution in [1.29, 1.82) is 0 Å². The van der Waals surface area contributed by atoms with Gasteiger partial charge < -0.3 is 9.05 Å². The third-order valence-electron chi connectivity index (χ3n) is 1.68. The zero-order chi connectivity index (χ0) is 10.4. The summed E-state index contributed by atoms with van der Waals surface area (Å²) in [7, 11) is 3.20. The molecule has 0 atom stereocenters. The number of benzene rings is 1. The zero-order valence-corrected chi connectivity index (χ0v) is 10.7. The average Bonchev–Trinajstić information content (AvgIpc) is 2.27. The van der Waals surface area contributed by atoms with Gasteiger partial charge in [-0.1, -0.05) is 41.7 Å². The highest BCUT2D eigenvalue weighted by Gasteiger charge is 2.15. The van der Waals surface area contributed by atoms with Crippen LogP contribution in [0.2, 0.25) is 0 Å². The Hall–Kier alpha value is 0.140. The summed E-state index contributed by atoms with van der Waals surface area (Å²) in [4.78, 5) is 0. The molecular formula is C9H13O2PS2. The Bertz CT molecular complexity index is 308. The topological polar surface area (TPSA) is 18.5 Å². The molecule has 14 heavy (non-hydrogen) atoms. The van der Waals surface area contributed by atoms with Gasteiger partial charge in [0.25, 0.3) is 0 Å². The van der Waals surface area contributed by atoms with Gasteiger partial charge in [-0.2, -0.15) is 0 Å². The van der Waals surface area contributed by atoms with Gasteiger partial charge in [0, 0.05) is 20.0 Å². The molecule has 0 aliphatic carbocycles. The first-order chi connectivity index (χ1) is 6.70. The maximum absolute atomic E-state index is 5.23. The molecule has 0 saturated carbocycles. The van der Waals surface area contributed by atoms with Crippen LogP contribution in [0.3, 0.4) is 0 Å². The second kappa shape index (κ2) is 5.89. The standard InChI is InChI=1S/C9H13O2PS2/c1-10-12(13,11-2)14-8-9-6-4-3-5-7-9/h3-7H,8H2,1-2H3. The predicted molar refractivity (Wildman–Crippen MR) is 66.0 cm³/mol. The lowest BCUT2D eigenvalue weighted by Gasteiger charge is -2.16. The van der Waals surface area contributed by atoms with E-state index in [0.717, 1.165) is 5.75 Å². The quantitative estimate of drug-likeness (QED) is 0.743. The van der Waals surface area contributed by atoms with Crippen LogP contribution in [0.4, 0.5) is 0 Å². The molecule has 0 aliphatic heterocycles. The van der Waals surface area contributed by atoms with E-state index in [1.165, 1.54) is 5.56 Å². The number of hydrogen-bond donors (Lipinski definition) is 0. The van der Waals surface area contributed by atoms with Crippen molar-refractivity contribution in [2.75, 3.05) is 14.2 Å². The second-order valence-corrected chi connectivity index (χ2v) is 9.10. The molecule has 0 N–H and O–H groups in total. The summed E-state index contributed by atoms with van der Waals surface area (Å²) in [5, 5.41) is 0. The lowest BCUT2D eigenvalue weighted by Crippen LogP contribution is -1.85. The maximum atomic E-state index is 5.23. The van der Waals surface area contributed by atoms with Crippen LogP contribution in [0.15, 0.2) is 30.3 Å². The molecule has 0 unspecified atom stereocenters. The molecular weight excluding hydrogens is 235 g/mol. The van der Waals surface area contributed by atoms with Crippen molar-refractivity contribution in [3.63, 3.8) is 0 Å². The van der Waals surface area contributed by atoms with Crippen LogP contribution in [-0.2, 0) is 26.6 Å². The smallest absolute Gasteiger partial charge is 0.247 e. The second-order valence-electron chi connectivity index (χ2n) is 2.57. The molecule has 1 rings (SSSR count). The first-order valence-corrected chi connectivity index (χ1v) is 8.33. The van der Waals surface area contributed by atoms with Gasteiger partial charge in [0.05, 0.1) is 0 Å². The van der Waals surface area contributed by atoms with Gasteiger partial charge in [0.2, 0.25) is 5.69 Å². The fraction of sp³-hybridized carbons (Fsp3) is 0.333. The van der Waals surface area contributed by atoms with Crippen LogP contribution in [0, 0.1) is 0 Å². The summed E-state index contributed by atoms with van der Waals surface area (Å²) < 4.78 is 10.4. The molecule has 0 bridgehead atoms. The van der Waals surface area contributed by atoms with Crippen LogP contribution in [0.25, 0.3) is 0 Å². The molecule has 0 aromatic heterocycles. The summed E-state index contributed by atoms with van der Waals surface area (Å²) in [5.41, 5.74) is -0.860. The lowest BCUT2D eigenvalue weighted by atomic mass is 10.2. The molecule has 0 saturated heterocycles. The molecule has 0 aliphatic rings. The monoisotopic (exact) mass is 248 g/mol. The SMILES string of the molecule is COP(=S)(OC)SCc1ccccc1. The highest BCUT2D eigenvalue weighted by atomic mass is 32.9. The molecule has 1 aromatic rings. The molecule has 2 nitrogen and oxygen atoms in total. The normalized spacial score (nSPS) is 11.6. The highest BCUT2D eigenvalue weighted by Crippen LogP contribution is 2.60. The number of rotatable bonds is 5. The van der Waals surface area contributed by atoms with Gasteiger partial charge in [-0.05, 0) is 17.4 Å². The Morgan fingerprint density at radius 3 is 2.29 bits per heavy atom. The van der Waals surface area contributed by atoms with E-state index in [0.29, 0.717) is 0 Å². The van der Waals surface area contributed by atoms with E-state index >= 15 is 0 Å². The zero-order valence-electron chi connectivity index (χ0n) is 8.17. The van der Waals surface area contributed by atoms with Gasteiger partial charge in [0.1, 0.15) is 0 Å². The molecule has 0 heterocycles. The summed E-state index contributed by atoms with van der Waals surface area (Å²) >= 11 is 6.79. The van der Waals surface area contributed by atoms with E-state index < -0.39 is 5.69 Å². The molecule has 78 valence electrons. The van der Waals surface area contributed by atoms with Crippen molar-refractivity contribution in [3.8, 4) is 0 Å². The molecule has 0 amide bonds. The third-order valence-corrected chi connectivity index (χ3v) is 7.43. The van der Waals surface area contributed by atoms with Gasteiger partial charge in [0.15, 0.2) is 0 Å². The van der Waals surface area contributed by atoms with Crippen molar-refractivity contribution in [3.05, 3.63) is 35.9 Å². The fourth-order valence-electron chi connectivity index (χ4n) is 0.908. The summed E-state index contributed by atoms with van der Waals surface area (Å²) in [6.45, 7) is 0. The average molecular weight is 248 g/mol. The minimum absolute atomic E-state index is 0.833. The molecule has 0 spiro atoms. The van der Waals surface area contributed by atoms with Crippen molar-refractivity contribution in [1.82, 2.24) is 0 Å². The predicted octanol–water partition coefficient (Wildman–Crippen LogP) is 3.44. The Kier molecular flexibility index (Phi) is 5.13. The lowest BCUT2D eigenvalue weighted by molar-refractivity contribution is 0.354.